The fourth-order valence-corrected chi connectivity index (χ4v) is 1.53. The Balaban J connectivity index is 3.02. The molecule has 1 aromatic carbocycles. The van der Waals surface area contributed by atoms with E-state index in [-0.39, 0.29) is 16.4 Å². The number of halogens is 1. The van der Waals surface area contributed by atoms with Gasteiger partial charge in [0, 0.05) is 0 Å². The molecule has 0 aliphatic heterocycles. The molecule has 0 aliphatic rings. The smallest absolute Gasteiger partial charge is 0.327 e. The van der Waals surface area contributed by atoms with Crippen LogP contribution >= 0.6 is 11.6 Å². The summed E-state index contributed by atoms with van der Waals surface area (Å²) in [6.07, 6.45) is 0. The number of para-hydroxylation sites is 1. The summed E-state index contributed by atoms with van der Waals surface area (Å²) in [5, 5.41) is 13.5. The maximum Gasteiger partial charge on any atom is 0.327 e. The number of hydrogen-bond donors (Lipinski definition) is 1. The number of hydrogen-bond acceptors (Lipinski definition) is 5. The van der Waals surface area contributed by atoms with Crippen LogP contribution in [0.25, 0.3) is 0 Å². The number of ether oxygens (including phenoxy) is 1. The first-order chi connectivity index (χ1) is 7.97. The van der Waals surface area contributed by atoms with E-state index in [1.807, 2.05) is 0 Å². The molecule has 92 valence electrons. The van der Waals surface area contributed by atoms with Crippen LogP contribution in [0.5, 0.6) is 0 Å². The summed E-state index contributed by atoms with van der Waals surface area (Å²) >= 11 is 5.72. The molecule has 0 radical (unpaired) electrons. The molecule has 1 aromatic rings. The number of rotatable bonds is 4. The lowest BCUT2D eigenvalue weighted by molar-refractivity contribution is -0.383. The van der Waals surface area contributed by atoms with E-state index in [4.69, 9.17) is 11.6 Å². The first kappa shape index (κ1) is 13.2. The minimum atomic E-state index is -0.697. The van der Waals surface area contributed by atoms with Gasteiger partial charge in [0.1, 0.15) is 16.8 Å². The number of carbonyl (C=O) groups is 1. The van der Waals surface area contributed by atoms with Crippen molar-refractivity contribution in [3.63, 3.8) is 0 Å². The Labute approximate surface area is 103 Å². The SMILES string of the molecule is COC(=O)C(C)Nc1cccc(Cl)c1[N+](=O)[O-]. The van der Waals surface area contributed by atoms with Crippen molar-refractivity contribution < 1.29 is 14.5 Å². The summed E-state index contributed by atoms with van der Waals surface area (Å²) in [4.78, 5) is 21.4. The van der Waals surface area contributed by atoms with Gasteiger partial charge in [-0.05, 0) is 19.1 Å². The van der Waals surface area contributed by atoms with Crippen molar-refractivity contribution in [2.75, 3.05) is 12.4 Å². The Kier molecular flexibility index (Phi) is 4.28. The largest absolute Gasteiger partial charge is 0.467 e. The van der Waals surface area contributed by atoms with E-state index < -0.39 is 16.9 Å². The molecule has 0 bridgehead atoms. The summed E-state index contributed by atoms with van der Waals surface area (Å²) in [6, 6.07) is 3.75. The van der Waals surface area contributed by atoms with Gasteiger partial charge in [-0.1, -0.05) is 17.7 Å². The van der Waals surface area contributed by atoms with E-state index in [1.54, 1.807) is 6.07 Å². The van der Waals surface area contributed by atoms with Gasteiger partial charge in [0.2, 0.25) is 0 Å². The van der Waals surface area contributed by atoms with Gasteiger partial charge in [-0.3, -0.25) is 10.1 Å². The topological polar surface area (TPSA) is 81.5 Å². The molecule has 7 heteroatoms. The Morgan fingerprint density at radius 3 is 2.76 bits per heavy atom. The molecular weight excluding hydrogens is 248 g/mol. The average Bonchev–Trinajstić information content (AvgIpc) is 2.27. The van der Waals surface area contributed by atoms with Gasteiger partial charge in [-0.25, -0.2) is 4.79 Å². The maximum absolute atomic E-state index is 11.2. The zero-order chi connectivity index (χ0) is 13.0. The van der Waals surface area contributed by atoms with Crippen molar-refractivity contribution in [1.29, 1.82) is 0 Å². The van der Waals surface area contributed by atoms with Gasteiger partial charge in [0.05, 0.1) is 12.0 Å². The van der Waals surface area contributed by atoms with Gasteiger partial charge in [0.15, 0.2) is 0 Å². The molecule has 0 saturated heterocycles. The second-order valence-electron chi connectivity index (χ2n) is 3.28. The second kappa shape index (κ2) is 5.49. The third kappa shape index (κ3) is 3.07. The second-order valence-corrected chi connectivity index (χ2v) is 3.69. The average molecular weight is 259 g/mol. The van der Waals surface area contributed by atoms with Crippen LogP contribution in [-0.2, 0) is 9.53 Å². The van der Waals surface area contributed by atoms with Crippen molar-refractivity contribution in [3.05, 3.63) is 33.3 Å². The Hall–Kier alpha value is -1.82. The fraction of sp³-hybridized carbons (Fsp3) is 0.300. The zero-order valence-electron chi connectivity index (χ0n) is 9.27. The number of anilines is 1. The minimum absolute atomic E-state index is 0.0112. The monoisotopic (exact) mass is 258 g/mol. The first-order valence-electron chi connectivity index (χ1n) is 4.74. The normalized spacial score (nSPS) is 11.7. The Morgan fingerprint density at radius 2 is 2.24 bits per heavy atom. The highest BCUT2D eigenvalue weighted by Crippen LogP contribution is 2.32. The minimum Gasteiger partial charge on any atom is -0.467 e. The van der Waals surface area contributed by atoms with E-state index in [1.165, 1.54) is 26.2 Å². The van der Waals surface area contributed by atoms with Crippen LogP contribution in [0.15, 0.2) is 18.2 Å². The summed E-state index contributed by atoms with van der Waals surface area (Å²) in [7, 11) is 1.24. The van der Waals surface area contributed by atoms with Gasteiger partial charge in [0.25, 0.3) is 0 Å². The van der Waals surface area contributed by atoms with Crippen molar-refractivity contribution in [3.8, 4) is 0 Å². The van der Waals surface area contributed by atoms with Crippen molar-refractivity contribution in [2.24, 2.45) is 0 Å². The fourth-order valence-electron chi connectivity index (χ4n) is 1.29. The molecule has 1 atom stereocenters. The van der Waals surface area contributed by atoms with Crippen LogP contribution in [0.4, 0.5) is 11.4 Å². The Bertz CT molecular complexity index is 450. The molecule has 6 nitrogen and oxygen atoms in total. The van der Waals surface area contributed by atoms with E-state index in [0.29, 0.717) is 0 Å². The molecule has 0 aromatic heterocycles. The molecule has 0 spiro atoms. The Morgan fingerprint density at radius 1 is 1.59 bits per heavy atom. The number of benzene rings is 1. The highest BCUT2D eigenvalue weighted by molar-refractivity contribution is 6.33. The maximum atomic E-state index is 11.2. The highest BCUT2D eigenvalue weighted by Gasteiger charge is 2.21. The van der Waals surface area contributed by atoms with Crippen LogP contribution in [0.1, 0.15) is 6.92 Å². The van der Waals surface area contributed by atoms with Crippen molar-refractivity contribution >= 4 is 28.9 Å². The van der Waals surface area contributed by atoms with Crippen LogP contribution < -0.4 is 5.32 Å². The molecule has 0 heterocycles. The van der Waals surface area contributed by atoms with Crippen LogP contribution in [0.3, 0.4) is 0 Å². The predicted molar refractivity (Wildman–Crippen MR) is 63.2 cm³/mol. The molecule has 1 N–H and O–H groups in total. The molecule has 0 saturated carbocycles. The van der Waals surface area contributed by atoms with Crippen LogP contribution in [0.2, 0.25) is 5.02 Å². The predicted octanol–water partition coefficient (Wildman–Crippen LogP) is 2.22. The lowest BCUT2D eigenvalue weighted by Gasteiger charge is -2.13. The number of nitrogens with zero attached hydrogens (tertiary/aromatic N) is 1. The standard InChI is InChI=1S/C10H11ClN2O4/c1-6(10(14)17-2)12-8-5-3-4-7(11)9(8)13(15)16/h3-6,12H,1-2H3. The third-order valence-corrected chi connectivity index (χ3v) is 2.40. The summed E-state index contributed by atoms with van der Waals surface area (Å²) in [6.45, 7) is 1.54. The third-order valence-electron chi connectivity index (χ3n) is 2.10. The van der Waals surface area contributed by atoms with E-state index in [9.17, 15) is 14.9 Å². The summed E-state index contributed by atoms with van der Waals surface area (Å²) in [5.41, 5.74) is -0.0784. The van der Waals surface area contributed by atoms with Crippen molar-refractivity contribution in [1.82, 2.24) is 0 Å². The molecule has 1 rings (SSSR count). The number of carbonyl (C=O) groups excluding carboxylic acids is 1. The van der Waals surface area contributed by atoms with Crippen molar-refractivity contribution in [2.45, 2.75) is 13.0 Å². The zero-order valence-corrected chi connectivity index (χ0v) is 10.0. The number of nitro groups is 1. The summed E-state index contributed by atoms with van der Waals surface area (Å²) < 4.78 is 4.51. The highest BCUT2D eigenvalue weighted by atomic mass is 35.5. The molecule has 0 fully saturated rings. The van der Waals surface area contributed by atoms with Gasteiger partial charge in [-0.15, -0.1) is 0 Å². The van der Waals surface area contributed by atoms with Crippen LogP contribution in [-0.4, -0.2) is 24.0 Å². The molecule has 0 amide bonds. The molecule has 1 unspecified atom stereocenters. The van der Waals surface area contributed by atoms with E-state index in [0.717, 1.165) is 0 Å². The number of esters is 1. The lowest BCUT2D eigenvalue weighted by Crippen LogP contribution is -2.27. The van der Waals surface area contributed by atoms with E-state index in [2.05, 4.69) is 10.1 Å². The molecule has 17 heavy (non-hydrogen) atoms. The first-order valence-corrected chi connectivity index (χ1v) is 5.12. The van der Waals surface area contributed by atoms with E-state index >= 15 is 0 Å². The van der Waals surface area contributed by atoms with Gasteiger partial charge in [-0.2, -0.15) is 0 Å². The number of nitrogens with one attached hydrogen (secondary N) is 1. The summed E-state index contributed by atoms with van der Waals surface area (Å²) in [5.74, 6) is -0.515. The molecule has 0 aliphatic carbocycles. The van der Waals surface area contributed by atoms with Gasteiger partial charge >= 0.3 is 11.7 Å². The van der Waals surface area contributed by atoms with Gasteiger partial charge < -0.3 is 10.1 Å². The lowest BCUT2D eigenvalue weighted by atomic mass is 10.2. The quantitative estimate of drug-likeness (QED) is 0.509. The number of methoxy groups -OCH3 is 1. The molecular formula is C10H11ClN2O4. The number of nitro benzene ring substituents is 1. The van der Waals surface area contributed by atoms with Crippen LogP contribution in [0, 0.1) is 10.1 Å².